The van der Waals surface area contributed by atoms with Crippen LogP contribution in [0.4, 0.5) is 5.69 Å². The van der Waals surface area contributed by atoms with E-state index in [1.165, 1.54) is 0 Å². The highest BCUT2D eigenvalue weighted by Gasteiger charge is 2.47. The van der Waals surface area contributed by atoms with Gasteiger partial charge in [0.15, 0.2) is 0 Å². The molecule has 4 heteroatoms. The zero-order chi connectivity index (χ0) is 9.60. The highest BCUT2D eigenvalue weighted by Crippen LogP contribution is 2.34. The van der Waals surface area contributed by atoms with E-state index in [0.29, 0.717) is 0 Å². The van der Waals surface area contributed by atoms with E-state index >= 15 is 0 Å². The van der Waals surface area contributed by atoms with Crippen LogP contribution in [0.15, 0.2) is 18.3 Å². The van der Waals surface area contributed by atoms with E-state index in [1.54, 1.807) is 6.20 Å². The quantitative estimate of drug-likeness (QED) is 0.617. The van der Waals surface area contributed by atoms with Gasteiger partial charge in [-0.1, -0.05) is 0 Å². The number of nitrogens with zero attached hydrogens (tertiary/aromatic N) is 1. The molecule has 2 aliphatic heterocycles. The van der Waals surface area contributed by atoms with Gasteiger partial charge in [-0.05, 0) is 18.6 Å². The van der Waals surface area contributed by atoms with Gasteiger partial charge < -0.3 is 10.6 Å². The Kier molecular flexibility index (Phi) is 1.37. The lowest BCUT2D eigenvalue weighted by molar-refractivity contribution is -0.122. The molecule has 72 valence electrons. The molecule has 3 rings (SSSR count). The van der Waals surface area contributed by atoms with Crippen molar-refractivity contribution < 1.29 is 4.79 Å². The van der Waals surface area contributed by atoms with E-state index in [0.717, 1.165) is 30.8 Å². The third kappa shape index (κ3) is 0.880. The van der Waals surface area contributed by atoms with E-state index in [1.807, 2.05) is 12.1 Å². The first-order valence-corrected chi connectivity index (χ1v) is 4.81. The number of amides is 1. The molecule has 1 spiro atoms. The minimum absolute atomic E-state index is 0.107. The summed E-state index contributed by atoms with van der Waals surface area (Å²) >= 11 is 0. The van der Waals surface area contributed by atoms with Crippen LogP contribution in [-0.4, -0.2) is 23.0 Å². The van der Waals surface area contributed by atoms with Crippen molar-refractivity contribution in [2.75, 3.05) is 11.9 Å². The molecule has 0 aliphatic carbocycles. The maximum atomic E-state index is 11.7. The van der Waals surface area contributed by atoms with Gasteiger partial charge in [0.2, 0.25) is 5.91 Å². The second kappa shape index (κ2) is 2.47. The Morgan fingerprint density at radius 1 is 1.50 bits per heavy atom. The number of fused-ring (bicyclic) bond motifs is 1. The predicted octanol–water partition coefficient (Wildman–Crippen LogP) is 0.308. The fourth-order valence-corrected chi connectivity index (χ4v) is 2.24. The van der Waals surface area contributed by atoms with Gasteiger partial charge in [-0.3, -0.25) is 9.78 Å². The van der Waals surface area contributed by atoms with Gasteiger partial charge in [-0.15, -0.1) is 0 Å². The summed E-state index contributed by atoms with van der Waals surface area (Å²) < 4.78 is 0. The van der Waals surface area contributed by atoms with Crippen LogP contribution in [0.1, 0.15) is 12.1 Å². The lowest BCUT2D eigenvalue weighted by atomic mass is 9.95. The van der Waals surface area contributed by atoms with E-state index in [-0.39, 0.29) is 5.91 Å². The van der Waals surface area contributed by atoms with Crippen LogP contribution < -0.4 is 10.6 Å². The summed E-state index contributed by atoms with van der Waals surface area (Å²) in [5.74, 6) is 0.107. The first kappa shape index (κ1) is 7.79. The van der Waals surface area contributed by atoms with E-state index in [2.05, 4.69) is 15.6 Å². The monoisotopic (exact) mass is 189 g/mol. The summed E-state index contributed by atoms with van der Waals surface area (Å²) in [5, 5.41) is 6.14. The summed E-state index contributed by atoms with van der Waals surface area (Å²) in [6.07, 6.45) is 3.34. The standard InChI is InChI=1S/C10H11N3O/c14-9-10(3-5-12-9)6-8-7(13-10)2-1-4-11-8/h1-2,4,13H,3,5-6H2,(H,12,14). The predicted molar refractivity (Wildman–Crippen MR) is 51.9 cm³/mol. The third-order valence-corrected chi connectivity index (χ3v) is 3.01. The Morgan fingerprint density at radius 2 is 2.43 bits per heavy atom. The van der Waals surface area contributed by atoms with Gasteiger partial charge in [-0.2, -0.15) is 0 Å². The van der Waals surface area contributed by atoms with Crippen LogP contribution in [-0.2, 0) is 11.2 Å². The lowest BCUT2D eigenvalue weighted by Gasteiger charge is -2.19. The molecule has 1 aromatic heterocycles. The molecule has 1 saturated heterocycles. The van der Waals surface area contributed by atoms with Crippen LogP contribution in [0.5, 0.6) is 0 Å². The Hall–Kier alpha value is -1.58. The fourth-order valence-electron chi connectivity index (χ4n) is 2.24. The second-order valence-electron chi connectivity index (χ2n) is 3.89. The maximum absolute atomic E-state index is 11.7. The SMILES string of the molecule is O=C1NCCC12Cc1ncccc1N2. The molecule has 3 heterocycles. The lowest BCUT2D eigenvalue weighted by Crippen LogP contribution is -2.43. The van der Waals surface area contributed by atoms with Crippen molar-refractivity contribution in [2.24, 2.45) is 0 Å². The minimum Gasteiger partial charge on any atom is -0.369 e. The fraction of sp³-hybridized carbons (Fsp3) is 0.400. The number of aromatic nitrogens is 1. The molecule has 1 aromatic rings. The number of hydrogen-bond donors (Lipinski definition) is 2. The van der Waals surface area contributed by atoms with Gasteiger partial charge in [0.05, 0.1) is 11.4 Å². The number of anilines is 1. The normalized spacial score (nSPS) is 28.7. The molecule has 1 unspecified atom stereocenters. The molecule has 0 aromatic carbocycles. The third-order valence-electron chi connectivity index (χ3n) is 3.01. The average Bonchev–Trinajstić information content (AvgIpc) is 2.71. The highest BCUT2D eigenvalue weighted by atomic mass is 16.2. The molecular formula is C10H11N3O. The number of nitrogens with one attached hydrogen (secondary N) is 2. The van der Waals surface area contributed by atoms with Crippen molar-refractivity contribution in [2.45, 2.75) is 18.4 Å². The molecule has 2 aliphatic rings. The number of pyridine rings is 1. The Bertz CT molecular complexity index is 377. The van der Waals surface area contributed by atoms with Crippen LogP contribution >= 0.6 is 0 Å². The zero-order valence-electron chi connectivity index (χ0n) is 7.71. The summed E-state index contributed by atoms with van der Waals surface area (Å²) in [4.78, 5) is 15.9. The Morgan fingerprint density at radius 3 is 3.14 bits per heavy atom. The summed E-state index contributed by atoms with van der Waals surface area (Å²) in [6.45, 7) is 0.764. The Balaban J connectivity index is 2.01. The number of carbonyl (C=O) groups excluding carboxylic acids is 1. The molecule has 1 amide bonds. The number of rotatable bonds is 0. The molecule has 2 N–H and O–H groups in total. The van der Waals surface area contributed by atoms with Crippen LogP contribution in [0.2, 0.25) is 0 Å². The second-order valence-corrected chi connectivity index (χ2v) is 3.89. The molecule has 0 saturated carbocycles. The smallest absolute Gasteiger partial charge is 0.246 e. The van der Waals surface area contributed by atoms with Gasteiger partial charge in [0.25, 0.3) is 0 Å². The average molecular weight is 189 g/mol. The Labute approximate surface area is 81.7 Å². The molecular weight excluding hydrogens is 178 g/mol. The molecule has 0 radical (unpaired) electrons. The molecule has 4 nitrogen and oxygen atoms in total. The van der Waals surface area contributed by atoms with Crippen molar-refractivity contribution in [3.05, 3.63) is 24.0 Å². The van der Waals surface area contributed by atoms with Gasteiger partial charge >= 0.3 is 0 Å². The first-order valence-electron chi connectivity index (χ1n) is 4.81. The van der Waals surface area contributed by atoms with E-state index in [4.69, 9.17) is 0 Å². The summed E-state index contributed by atoms with van der Waals surface area (Å²) in [6, 6.07) is 3.86. The molecule has 1 atom stereocenters. The largest absolute Gasteiger partial charge is 0.369 e. The van der Waals surface area contributed by atoms with Gasteiger partial charge in [0, 0.05) is 19.2 Å². The minimum atomic E-state index is -0.406. The van der Waals surface area contributed by atoms with Crippen molar-refractivity contribution in [3.63, 3.8) is 0 Å². The molecule has 1 fully saturated rings. The highest BCUT2D eigenvalue weighted by molar-refractivity contribution is 5.93. The van der Waals surface area contributed by atoms with Crippen molar-refractivity contribution in [1.29, 1.82) is 0 Å². The number of hydrogen-bond acceptors (Lipinski definition) is 3. The van der Waals surface area contributed by atoms with Crippen molar-refractivity contribution in [1.82, 2.24) is 10.3 Å². The first-order chi connectivity index (χ1) is 6.80. The van der Waals surface area contributed by atoms with Gasteiger partial charge in [0.1, 0.15) is 5.54 Å². The molecule has 14 heavy (non-hydrogen) atoms. The van der Waals surface area contributed by atoms with E-state index < -0.39 is 5.54 Å². The summed E-state index contributed by atoms with van der Waals surface area (Å²) in [7, 11) is 0. The van der Waals surface area contributed by atoms with E-state index in [9.17, 15) is 4.79 Å². The van der Waals surface area contributed by atoms with Crippen LogP contribution in [0.3, 0.4) is 0 Å². The molecule has 0 bridgehead atoms. The zero-order valence-corrected chi connectivity index (χ0v) is 7.71. The number of carbonyl (C=O) groups is 1. The van der Waals surface area contributed by atoms with Crippen molar-refractivity contribution in [3.8, 4) is 0 Å². The van der Waals surface area contributed by atoms with Crippen molar-refractivity contribution >= 4 is 11.6 Å². The van der Waals surface area contributed by atoms with Crippen LogP contribution in [0.25, 0.3) is 0 Å². The maximum Gasteiger partial charge on any atom is 0.246 e. The van der Waals surface area contributed by atoms with Gasteiger partial charge in [-0.25, -0.2) is 0 Å². The van der Waals surface area contributed by atoms with Crippen LogP contribution in [0, 0.1) is 0 Å². The summed E-state index contributed by atoms with van der Waals surface area (Å²) in [5.41, 5.74) is 1.60. The topological polar surface area (TPSA) is 54.0 Å².